The Labute approximate surface area is 128 Å². The topological polar surface area (TPSA) is 72.2 Å². The van der Waals surface area contributed by atoms with E-state index < -0.39 is 10.0 Å². The van der Waals surface area contributed by atoms with Gasteiger partial charge in [-0.25, -0.2) is 13.1 Å². The first-order valence-corrected chi connectivity index (χ1v) is 9.07. The Kier molecular flexibility index (Phi) is 4.76. The van der Waals surface area contributed by atoms with Crippen molar-refractivity contribution in [2.24, 2.45) is 17.6 Å². The third-order valence-electron chi connectivity index (χ3n) is 4.98. The summed E-state index contributed by atoms with van der Waals surface area (Å²) in [4.78, 5) is 0.370. The fourth-order valence-corrected chi connectivity index (χ4v) is 4.82. The van der Waals surface area contributed by atoms with Crippen molar-refractivity contribution in [2.75, 3.05) is 0 Å². The molecular weight excluding hydrogens is 284 g/mol. The van der Waals surface area contributed by atoms with Crippen molar-refractivity contribution in [1.82, 2.24) is 4.72 Å². The Morgan fingerprint density at radius 1 is 1.24 bits per heavy atom. The average molecular weight is 310 g/mol. The van der Waals surface area contributed by atoms with Gasteiger partial charge in [-0.2, -0.15) is 0 Å². The van der Waals surface area contributed by atoms with Crippen LogP contribution in [0.25, 0.3) is 0 Å². The summed E-state index contributed by atoms with van der Waals surface area (Å²) >= 11 is 0. The quantitative estimate of drug-likeness (QED) is 0.897. The highest BCUT2D eigenvalue weighted by atomic mass is 32.2. The molecule has 0 saturated heterocycles. The first-order chi connectivity index (χ1) is 9.76. The minimum Gasteiger partial charge on any atom is -0.326 e. The minimum absolute atomic E-state index is 0.0336. The van der Waals surface area contributed by atoms with E-state index in [4.69, 9.17) is 5.73 Å². The van der Waals surface area contributed by atoms with Crippen LogP contribution in [0.2, 0.25) is 0 Å². The molecule has 1 aromatic carbocycles. The number of benzene rings is 1. The SMILES string of the molecule is Cc1cc(CN)cc(S(=O)(=O)NC2CCC(C)C2C)c1C. The van der Waals surface area contributed by atoms with E-state index in [1.165, 1.54) is 0 Å². The maximum atomic E-state index is 12.7. The Balaban J connectivity index is 2.34. The Morgan fingerprint density at radius 2 is 1.90 bits per heavy atom. The van der Waals surface area contributed by atoms with E-state index in [2.05, 4.69) is 18.6 Å². The Bertz CT molecular complexity index is 625. The standard InChI is InChI=1S/C16H26N2O2S/c1-10-5-6-15(12(10)3)18-21(19,20)16-8-14(9-17)7-11(2)13(16)4/h7-8,10,12,15,18H,5-6,9,17H2,1-4H3. The van der Waals surface area contributed by atoms with Crippen LogP contribution in [0.4, 0.5) is 0 Å². The molecule has 5 heteroatoms. The van der Waals surface area contributed by atoms with Crippen LogP contribution in [0.15, 0.2) is 17.0 Å². The van der Waals surface area contributed by atoms with E-state index in [9.17, 15) is 8.42 Å². The zero-order valence-electron chi connectivity index (χ0n) is 13.3. The highest BCUT2D eigenvalue weighted by Crippen LogP contribution is 2.32. The van der Waals surface area contributed by atoms with Crippen LogP contribution in [0, 0.1) is 25.7 Å². The number of nitrogens with two attached hydrogens (primary N) is 1. The first kappa shape index (κ1) is 16.5. The highest BCUT2D eigenvalue weighted by Gasteiger charge is 2.33. The van der Waals surface area contributed by atoms with Crippen LogP contribution in [0.1, 0.15) is 43.4 Å². The predicted octanol–water partition coefficient (Wildman–Crippen LogP) is 2.48. The normalized spacial score (nSPS) is 26.2. The van der Waals surface area contributed by atoms with Crippen molar-refractivity contribution in [3.63, 3.8) is 0 Å². The minimum atomic E-state index is -3.49. The molecule has 0 radical (unpaired) electrons. The largest absolute Gasteiger partial charge is 0.326 e. The summed E-state index contributed by atoms with van der Waals surface area (Å²) < 4.78 is 28.4. The fourth-order valence-electron chi connectivity index (χ4n) is 3.09. The van der Waals surface area contributed by atoms with E-state index in [1.807, 2.05) is 19.9 Å². The van der Waals surface area contributed by atoms with Gasteiger partial charge in [0.15, 0.2) is 0 Å². The van der Waals surface area contributed by atoms with Crippen molar-refractivity contribution in [3.05, 3.63) is 28.8 Å². The molecule has 0 amide bonds. The van der Waals surface area contributed by atoms with Crippen LogP contribution in [-0.2, 0) is 16.6 Å². The lowest BCUT2D eigenvalue weighted by atomic mass is 9.98. The number of hydrogen-bond donors (Lipinski definition) is 2. The van der Waals surface area contributed by atoms with Crippen LogP contribution in [0.3, 0.4) is 0 Å². The molecule has 1 saturated carbocycles. The Hall–Kier alpha value is -0.910. The smallest absolute Gasteiger partial charge is 0.241 e. The van der Waals surface area contributed by atoms with Gasteiger partial charge in [-0.1, -0.05) is 19.9 Å². The van der Waals surface area contributed by atoms with Crippen LogP contribution in [0.5, 0.6) is 0 Å². The maximum absolute atomic E-state index is 12.7. The van der Waals surface area contributed by atoms with Crippen molar-refractivity contribution in [1.29, 1.82) is 0 Å². The summed E-state index contributed by atoms with van der Waals surface area (Å²) in [6, 6.07) is 3.69. The molecule has 2 rings (SSSR count). The molecule has 118 valence electrons. The molecule has 21 heavy (non-hydrogen) atoms. The van der Waals surface area contributed by atoms with Gasteiger partial charge in [0.1, 0.15) is 0 Å². The molecule has 0 bridgehead atoms. The van der Waals surface area contributed by atoms with Crippen molar-refractivity contribution < 1.29 is 8.42 Å². The van der Waals surface area contributed by atoms with Gasteiger partial charge in [-0.3, -0.25) is 0 Å². The molecule has 3 N–H and O–H groups in total. The lowest BCUT2D eigenvalue weighted by Crippen LogP contribution is -2.37. The number of sulfonamides is 1. The zero-order chi connectivity index (χ0) is 15.8. The van der Waals surface area contributed by atoms with Crippen LogP contribution < -0.4 is 10.5 Å². The molecule has 0 spiro atoms. The van der Waals surface area contributed by atoms with Gasteiger partial charge in [0, 0.05) is 12.6 Å². The van der Waals surface area contributed by atoms with E-state index in [-0.39, 0.29) is 6.04 Å². The molecule has 1 aliphatic rings. The van der Waals surface area contributed by atoms with Gasteiger partial charge >= 0.3 is 0 Å². The van der Waals surface area contributed by atoms with Gasteiger partial charge < -0.3 is 5.73 Å². The number of hydrogen-bond acceptors (Lipinski definition) is 3. The zero-order valence-corrected chi connectivity index (χ0v) is 14.1. The number of rotatable bonds is 4. The van der Waals surface area contributed by atoms with Gasteiger partial charge in [-0.05, 0) is 61.3 Å². The number of aryl methyl sites for hydroxylation is 1. The molecule has 1 aromatic rings. The van der Waals surface area contributed by atoms with Crippen molar-refractivity contribution in [2.45, 2.75) is 58.0 Å². The third kappa shape index (κ3) is 3.30. The van der Waals surface area contributed by atoms with Gasteiger partial charge in [0.25, 0.3) is 0 Å². The van der Waals surface area contributed by atoms with E-state index in [1.54, 1.807) is 6.07 Å². The van der Waals surface area contributed by atoms with Crippen LogP contribution in [-0.4, -0.2) is 14.5 Å². The van der Waals surface area contributed by atoms with Crippen molar-refractivity contribution >= 4 is 10.0 Å². The molecule has 0 aromatic heterocycles. The molecule has 0 heterocycles. The maximum Gasteiger partial charge on any atom is 0.241 e. The summed E-state index contributed by atoms with van der Waals surface area (Å²) in [6.07, 6.45) is 1.99. The lowest BCUT2D eigenvalue weighted by molar-refractivity contribution is 0.402. The summed E-state index contributed by atoms with van der Waals surface area (Å²) in [7, 11) is -3.49. The van der Waals surface area contributed by atoms with Gasteiger partial charge in [0.05, 0.1) is 4.90 Å². The number of nitrogens with one attached hydrogen (secondary N) is 1. The predicted molar refractivity (Wildman–Crippen MR) is 85.5 cm³/mol. The molecule has 3 unspecified atom stereocenters. The average Bonchev–Trinajstić information content (AvgIpc) is 2.73. The lowest BCUT2D eigenvalue weighted by Gasteiger charge is -2.21. The summed E-state index contributed by atoms with van der Waals surface area (Å²) in [5.74, 6) is 0.940. The monoisotopic (exact) mass is 310 g/mol. The van der Waals surface area contributed by atoms with Crippen LogP contribution >= 0.6 is 0 Å². The molecular formula is C16H26N2O2S. The summed E-state index contributed by atoms with van der Waals surface area (Å²) in [5.41, 5.74) is 8.29. The molecule has 0 aliphatic heterocycles. The fraction of sp³-hybridized carbons (Fsp3) is 0.625. The third-order valence-corrected chi connectivity index (χ3v) is 6.59. The Morgan fingerprint density at radius 3 is 2.43 bits per heavy atom. The van der Waals surface area contributed by atoms with E-state index in [0.717, 1.165) is 29.5 Å². The summed E-state index contributed by atoms with van der Waals surface area (Å²) in [6.45, 7) is 8.43. The van der Waals surface area contributed by atoms with E-state index in [0.29, 0.717) is 23.3 Å². The van der Waals surface area contributed by atoms with E-state index >= 15 is 0 Å². The highest BCUT2D eigenvalue weighted by molar-refractivity contribution is 7.89. The second-order valence-corrected chi connectivity index (χ2v) is 8.06. The second-order valence-electron chi connectivity index (χ2n) is 6.38. The van der Waals surface area contributed by atoms with Gasteiger partial charge in [-0.15, -0.1) is 0 Å². The molecule has 3 atom stereocenters. The molecule has 4 nitrogen and oxygen atoms in total. The molecule has 1 fully saturated rings. The summed E-state index contributed by atoms with van der Waals surface area (Å²) in [5, 5.41) is 0. The van der Waals surface area contributed by atoms with Gasteiger partial charge in [0.2, 0.25) is 10.0 Å². The molecule has 1 aliphatic carbocycles. The van der Waals surface area contributed by atoms with Crippen molar-refractivity contribution in [3.8, 4) is 0 Å². The first-order valence-electron chi connectivity index (χ1n) is 7.58. The second kappa shape index (κ2) is 6.07.